The van der Waals surface area contributed by atoms with Crippen LogP contribution in [0.5, 0.6) is 0 Å². The third kappa shape index (κ3) is 5.50. The Bertz CT molecular complexity index is 182. The van der Waals surface area contributed by atoms with E-state index in [9.17, 15) is 0 Å². The molecule has 0 aromatic carbocycles. The van der Waals surface area contributed by atoms with E-state index in [1.807, 2.05) is 0 Å². The van der Waals surface area contributed by atoms with E-state index in [0.29, 0.717) is 22.1 Å². The number of thiocarbonyl (C=S) groups is 2. The minimum atomic E-state index is 0.388. The molecule has 0 fully saturated rings. The molecule has 2 nitrogen and oxygen atoms in total. The van der Waals surface area contributed by atoms with Gasteiger partial charge >= 0.3 is 0 Å². The highest BCUT2D eigenvalue weighted by atomic mass is 32.1. The fourth-order valence-corrected chi connectivity index (χ4v) is 1.30. The maximum atomic E-state index is 5.17. The van der Waals surface area contributed by atoms with Crippen LogP contribution in [0.3, 0.4) is 0 Å². The van der Waals surface area contributed by atoms with Gasteiger partial charge in [0.15, 0.2) is 0 Å². The van der Waals surface area contributed by atoms with Crippen molar-refractivity contribution in [3.05, 3.63) is 0 Å². The standard InChI is InChI=1S/C10H20N2S2/c1-5-7(3)11-9(13)10(14)12-8(4)6-2/h7-8H,5-6H2,1-4H3,(H,11,13)(H,12,14). The van der Waals surface area contributed by atoms with Crippen LogP contribution in [0.2, 0.25) is 0 Å². The van der Waals surface area contributed by atoms with Gasteiger partial charge in [-0.2, -0.15) is 0 Å². The van der Waals surface area contributed by atoms with Crippen molar-refractivity contribution >= 4 is 34.4 Å². The Morgan fingerprint density at radius 2 is 1.21 bits per heavy atom. The first kappa shape index (κ1) is 13.8. The molecule has 0 rings (SSSR count). The minimum absolute atomic E-state index is 0.388. The summed E-state index contributed by atoms with van der Waals surface area (Å²) in [5, 5.41) is 6.37. The first-order valence-electron chi connectivity index (χ1n) is 5.12. The summed E-state index contributed by atoms with van der Waals surface area (Å²) in [7, 11) is 0. The Morgan fingerprint density at radius 3 is 1.43 bits per heavy atom. The summed E-state index contributed by atoms with van der Waals surface area (Å²) < 4.78 is 0. The molecule has 0 aliphatic rings. The third-order valence-electron chi connectivity index (χ3n) is 2.19. The summed E-state index contributed by atoms with van der Waals surface area (Å²) in [6, 6.07) is 0.776. The summed E-state index contributed by atoms with van der Waals surface area (Å²) in [5.74, 6) is 0. The topological polar surface area (TPSA) is 24.1 Å². The summed E-state index contributed by atoms with van der Waals surface area (Å²) in [5.41, 5.74) is 0. The Labute approximate surface area is 97.8 Å². The molecule has 0 heterocycles. The van der Waals surface area contributed by atoms with Crippen molar-refractivity contribution < 1.29 is 0 Å². The molecule has 2 unspecified atom stereocenters. The second-order valence-electron chi connectivity index (χ2n) is 3.57. The second kappa shape index (κ2) is 7.12. The molecule has 14 heavy (non-hydrogen) atoms. The fourth-order valence-electron chi connectivity index (χ4n) is 0.783. The summed E-state index contributed by atoms with van der Waals surface area (Å²) in [6.45, 7) is 8.42. The molecule has 0 bridgehead atoms. The van der Waals surface area contributed by atoms with Crippen LogP contribution >= 0.6 is 24.4 Å². The summed E-state index contributed by atoms with van der Waals surface area (Å²) in [6.07, 6.45) is 2.10. The van der Waals surface area contributed by atoms with Crippen molar-refractivity contribution in [3.63, 3.8) is 0 Å². The molecule has 0 saturated carbocycles. The Morgan fingerprint density at radius 1 is 0.929 bits per heavy atom. The lowest BCUT2D eigenvalue weighted by Crippen LogP contribution is -2.43. The number of hydrogen-bond donors (Lipinski definition) is 2. The maximum Gasteiger partial charge on any atom is 0.134 e. The van der Waals surface area contributed by atoms with Crippen LogP contribution < -0.4 is 10.6 Å². The monoisotopic (exact) mass is 232 g/mol. The zero-order valence-corrected chi connectivity index (χ0v) is 11.0. The SMILES string of the molecule is CCC(C)NC(=S)C(=S)NC(C)CC. The highest BCUT2D eigenvalue weighted by Gasteiger charge is 2.08. The lowest BCUT2D eigenvalue weighted by molar-refractivity contribution is 0.636. The second-order valence-corrected chi connectivity index (χ2v) is 4.38. The third-order valence-corrected chi connectivity index (χ3v) is 2.96. The van der Waals surface area contributed by atoms with Crippen molar-refractivity contribution in [1.29, 1.82) is 0 Å². The molecule has 0 saturated heterocycles. The predicted octanol–water partition coefficient (Wildman–Crippen LogP) is 2.42. The molecule has 2 N–H and O–H groups in total. The molecule has 0 radical (unpaired) electrons. The Kier molecular flexibility index (Phi) is 7.01. The molecule has 0 aromatic rings. The van der Waals surface area contributed by atoms with E-state index in [1.54, 1.807) is 0 Å². The Balaban J connectivity index is 3.94. The van der Waals surface area contributed by atoms with Gasteiger partial charge in [0.2, 0.25) is 0 Å². The van der Waals surface area contributed by atoms with Crippen LogP contribution in [0.25, 0.3) is 0 Å². The van der Waals surface area contributed by atoms with Crippen LogP contribution in [0.15, 0.2) is 0 Å². The minimum Gasteiger partial charge on any atom is -0.371 e. The van der Waals surface area contributed by atoms with Gasteiger partial charge in [0.25, 0.3) is 0 Å². The van der Waals surface area contributed by atoms with Gasteiger partial charge in [-0.05, 0) is 26.7 Å². The van der Waals surface area contributed by atoms with Crippen molar-refractivity contribution in [3.8, 4) is 0 Å². The number of rotatable bonds is 4. The highest BCUT2D eigenvalue weighted by molar-refractivity contribution is 7.89. The molecule has 0 aliphatic heterocycles. The van der Waals surface area contributed by atoms with E-state index in [2.05, 4.69) is 38.3 Å². The summed E-state index contributed by atoms with van der Waals surface area (Å²) >= 11 is 10.3. The average molecular weight is 232 g/mol. The quantitative estimate of drug-likeness (QED) is 0.727. The fraction of sp³-hybridized carbons (Fsp3) is 0.800. The summed E-state index contributed by atoms with van der Waals surface area (Å²) in [4.78, 5) is 1.32. The average Bonchev–Trinajstić information content (AvgIpc) is 2.17. The predicted molar refractivity (Wildman–Crippen MR) is 71.0 cm³/mol. The zero-order chi connectivity index (χ0) is 11.1. The van der Waals surface area contributed by atoms with Crippen LogP contribution in [0.4, 0.5) is 0 Å². The van der Waals surface area contributed by atoms with Crippen molar-refractivity contribution in [1.82, 2.24) is 10.6 Å². The van der Waals surface area contributed by atoms with E-state index < -0.39 is 0 Å². The molecular formula is C10H20N2S2. The van der Waals surface area contributed by atoms with Gasteiger partial charge in [0.05, 0.1) is 0 Å². The first-order chi connectivity index (χ1) is 6.51. The zero-order valence-electron chi connectivity index (χ0n) is 9.39. The van der Waals surface area contributed by atoms with Gasteiger partial charge < -0.3 is 10.6 Å². The smallest absolute Gasteiger partial charge is 0.134 e. The normalized spacial score (nSPS) is 14.3. The molecule has 4 heteroatoms. The molecule has 2 atom stereocenters. The molecular weight excluding hydrogens is 212 g/mol. The van der Waals surface area contributed by atoms with E-state index in [-0.39, 0.29) is 0 Å². The van der Waals surface area contributed by atoms with Gasteiger partial charge in [0.1, 0.15) is 9.98 Å². The lowest BCUT2D eigenvalue weighted by atomic mass is 10.2. The van der Waals surface area contributed by atoms with Crippen LogP contribution in [0, 0.1) is 0 Å². The first-order valence-corrected chi connectivity index (χ1v) is 5.94. The van der Waals surface area contributed by atoms with Crippen LogP contribution in [-0.4, -0.2) is 22.1 Å². The van der Waals surface area contributed by atoms with Gasteiger partial charge in [-0.3, -0.25) is 0 Å². The van der Waals surface area contributed by atoms with Gasteiger partial charge in [-0.1, -0.05) is 38.3 Å². The van der Waals surface area contributed by atoms with Gasteiger partial charge in [-0.25, -0.2) is 0 Å². The van der Waals surface area contributed by atoms with Crippen molar-refractivity contribution in [2.45, 2.75) is 52.6 Å². The molecule has 82 valence electrons. The molecule has 0 spiro atoms. The van der Waals surface area contributed by atoms with E-state index >= 15 is 0 Å². The molecule has 0 aromatic heterocycles. The van der Waals surface area contributed by atoms with Crippen molar-refractivity contribution in [2.75, 3.05) is 0 Å². The number of hydrogen-bond acceptors (Lipinski definition) is 2. The van der Waals surface area contributed by atoms with Gasteiger partial charge in [0, 0.05) is 12.1 Å². The van der Waals surface area contributed by atoms with Crippen LogP contribution in [-0.2, 0) is 0 Å². The highest BCUT2D eigenvalue weighted by Crippen LogP contribution is 1.93. The Hall–Kier alpha value is -0.220. The number of nitrogens with one attached hydrogen (secondary N) is 2. The lowest BCUT2D eigenvalue weighted by Gasteiger charge is -2.18. The van der Waals surface area contributed by atoms with Crippen molar-refractivity contribution in [2.24, 2.45) is 0 Å². The largest absolute Gasteiger partial charge is 0.371 e. The molecule has 0 aliphatic carbocycles. The maximum absolute atomic E-state index is 5.17. The molecule has 0 amide bonds. The van der Waals surface area contributed by atoms with Gasteiger partial charge in [-0.15, -0.1) is 0 Å². The van der Waals surface area contributed by atoms with E-state index in [1.165, 1.54) is 0 Å². The van der Waals surface area contributed by atoms with Crippen LogP contribution in [0.1, 0.15) is 40.5 Å². The van der Waals surface area contributed by atoms with E-state index in [4.69, 9.17) is 24.4 Å². The van der Waals surface area contributed by atoms with E-state index in [0.717, 1.165) is 12.8 Å².